The highest BCUT2D eigenvalue weighted by atomic mass is 32.1. The summed E-state index contributed by atoms with van der Waals surface area (Å²) in [5, 5.41) is 8.06. The number of nitrogens with one attached hydrogen (secondary N) is 1. The van der Waals surface area contributed by atoms with Crippen molar-refractivity contribution < 1.29 is 9.53 Å². The maximum Gasteiger partial charge on any atom is 0.275 e. The number of fused-ring (bicyclic) bond motifs is 1. The standard InChI is InChI=1S/C20H24N4O3S/c1-4-5-18-23-24-19(26)11-15(22-20(24)28-18)12-27-16-8-6-14(7-9-16)21-17(25)10-13(2)3/h6-9,11,13H,4-5,10,12H2,1-3H3,(H,21,25). The van der Waals surface area contributed by atoms with Crippen LogP contribution in [0.3, 0.4) is 0 Å². The van der Waals surface area contributed by atoms with Crippen LogP contribution in [0.4, 0.5) is 5.69 Å². The van der Waals surface area contributed by atoms with Gasteiger partial charge in [-0.3, -0.25) is 9.59 Å². The molecule has 0 radical (unpaired) electrons. The van der Waals surface area contributed by atoms with Crippen LogP contribution in [-0.2, 0) is 17.8 Å². The van der Waals surface area contributed by atoms with E-state index in [2.05, 4.69) is 22.3 Å². The second-order valence-electron chi connectivity index (χ2n) is 6.99. The van der Waals surface area contributed by atoms with Crippen molar-refractivity contribution in [1.29, 1.82) is 0 Å². The molecule has 148 valence electrons. The maximum absolute atomic E-state index is 12.2. The van der Waals surface area contributed by atoms with Crippen molar-refractivity contribution in [2.45, 2.75) is 46.6 Å². The van der Waals surface area contributed by atoms with Crippen molar-refractivity contribution in [3.05, 3.63) is 51.4 Å². The zero-order valence-corrected chi connectivity index (χ0v) is 17.1. The Kier molecular flexibility index (Phi) is 6.41. The monoisotopic (exact) mass is 400 g/mol. The van der Waals surface area contributed by atoms with Crippen molar-refractivity contribution >= 4 is 27.9 Å². The third-order valence-corrected chi connectivity index (χ3v) is 4.89. The molecule has 3 rings (SSSR count). The fourth-order valence-corrected chi connectivity index (χ4v) is 3.68. The molecule has 0 saturated heterocycles. The molecule has 2 aromatic heterocycles. The molecule has 0 unspecified atom stereocenters. The smallest absolute Gasteiger partial charge is 0.275 e. The van der Waals surface area contributed by atoms with E-state index < -0.39 is 0 Å². The number of nitrogens with zero attached hydrogens (tertiary/aromatic N) is 3. The molecule has 0 bridgehead atoms. The summed E-state index contributed by atoms with van der Waals surface area (Å²) in [4.78, 5) is 29.1. The lowest BCUT2D eigenvalue weighted by molar-refractivity contribution is -0.116. The quantitative estimate of drug-likeness (QED) is 0.624. The summed E-state index contributed by atoms with van der Waals surface area (Å²) in [5.74, 6) is 0.946. The van der Waals surface area contributed by atoms with Gasteiger partial charge in [0.2, 0.25) is 10.9 Å². The van der Waals surface area contributed by atoms with Crippen LogP contribution in [-0.4, -0.2) is 20.5 Å². The molecule has 2 heterocycles. The van der Waals surface area contributed by atoms with Crippen molar-refractivity contribution in [2.24, 2.45) is 5.92 Å². The molecule has 0 aliphatic heterocycles. The third kappa shape index (κ3) is 5.16. The first-order valence-electron chi connectivity index (χ1n) is 9.36. The fraction of sp³-hybridized carbons (Fsp3) is 0.400. The van der Waals surface area contributed by atoms with Crippen LogP contribution in [0.1, 0.15) is 44.3 Å². The predicted octanol–water partition coefficient (Wildman–Crippen LogP) is 3.67. The van der Waals surface area contributed by atoms with E-state index in [4.69, 9.17) is 4.74 Å². The van der Waals surface area contributed by atoms with Crippen molar-refractivity contribution in [2.75, 3.05) is 5.32 Å². The van der Waals surface area contributed by atoms with Crippen LogP contribution < -0.4 is 15.6 Å². The summed E-state index contributed by atoms with van der Waals surface area (Å²) in [6, 6.07) is 8.59. The Morgan fingerprint density at radius 1 is 1.29 bits per heavy atom. The molecule has 0 spiro atoms. The van der Waals surface area contributed by atoms with Gasteiger partial charge in [0.05, 0.1) is 5.69 Å². The van der Waals surface area contributed by atoms with E-state index in [1.54, 1.807) is 24.3 Å². The minimum Gasteiger partial charge on any atom is -0.487 e. The Bertz CT molecular complexity index is 1010. The van der Waals surface area contributed by atoms with E-state index in [1.165, 1.54) is 21.9 Å². The van der Waals surface area contributed by atoms with Crippen LogP contribution in [0.15, 0.2) is 35.1 Å². The second kappa shape index (κ2) is 8.97. The molecule has 1 N–H and O–H groups in total. The topological polar surface area (TPSA) is 85.6 Å². The summed E-state index contributed by atoms with van der Waals surface area (Å²) >= 11 is 1.43. The van der Waals surface area contributed by atoms with Gasteiger partial charge in [0.25, 0.3) is 5.56 Å². The summed E-state index contributed by atoms with van der Waals surface area (Å²) in [7, 11) is 0. The molecular weight excluding hydrogens is 376 g/mol. The molecule has 1 aromatic carbocycles. The number of anilines is 1. The number of ether oxygens (including phenoxy) is 1. The first-order valence-corrected chi connectivity index (χ1v) is 10.2. The summed E-state index contributed by atoms with van der Waals surface area (Å²) in [6.07, 6.45) is 2.29. The average Bonchev–Trinajstić information content (AvgIpc) is 3.04. The van der Waals surface area contributed by atoms with Gasteiger partial charge in [-0.15, -0.1) is 0 Å². The van der Waals surface area contributed by atoms with Gasteiger partial charge in [-0.25, -0.2) is 4.98 Å². The lowest BCUT2D eigenvalue weighted by Gasteiger charge is -2.09. The Morgan fingerprint density at radius 3 is 2.71 bits per heavy atom. The normalized spacial score (nSPS) is 11.1. The van der Waals surface area contributed by atoms with Gasteiger partial charge in [0.1, 0.15) is 17.4 Å². The van der Waals surface area contributed by atoms with E-state index in [0.717, 1.165) is 23.5 Å². The molecule has 0 atom stereocenters. The Balaban J connectivity index is 1.63. The van der Waals surface area contributed by atoms with Crippen molar-refractivity contribution in [3.63, 3.8) is 0 Å². The lowest BCUT2D eigenvalue weighted by Crippen LogP contribution is -2.16. The molecule has 28 heavy (non-hydrogen) atoms. The van der Waals surface area contributed by atoms with Gasteiger partial charge in [0, 0.05) is 24.6 Å². The van der Waals surface area contributed by atoms with E-state index in [9.17, 15) is 9.59 Å². The first kappa shape index (κ1) is 20.0. The number of benzene rings is 1. The van der Waals surface area contributed by atoms with E-state index >= 15 is 0 Å². The van der Waals surface area contributed by atoms with E-state index in [-0.39, 0.29) is 18.1 Å². The van der Waals surface area contributed by atoms with Crippen LogP contribution >= 0.6 is 11.3 Å². The number of hydrogen-bond acceptors (Lipinski definition) is 6. The molecule has 8 heteroatoms. The number of hydrogen-bond donors (Lipinski definition) is 1. The van der Waals surface area contributed by atoms with Gasteiger partial charge in [-0.2, -0.15) is 9.61 Å². The highest BCUT2D eigenvalue weighted by molar-refractivity contribution is 7.16. The number of rotatable bonds is 8. The fourth-order valence-electron chi connectivity index (χ4n) is 2.66. The molecule has 0 fully saturated rings. The average molecular weight is 401 g/mol. The van der Waals surface area contributed by atoms with E-state index in [1.807, 2.05) is 13.8 Å². The summed E-state index contributed by atoms with van der Waals surface area (Å²) in [5.41, 5.74) is 1.08. The zero-order valence-electron chi connectivity index (χ0n) is 16.3. The second-order valence-corrected chi connectivity index (χ2v) is 8.03. The Labute approximate surface area is 167 Å². The third-order valence-electron chi connectivity index (χ3n) is 3.92. The highest BCUT2D eigenvalue weighted by Crippen LogP contribution is 2.18. The Hall–Kier alpha value is -2.74. The predicted molar refractivity (Wildman–Crippen MR) is 110 cm³/mol. The molecule has 3 aromatic rings. The zero-order chi connectivity index (χ0) is 20.1. The van der Waals surface area contributed by atoms with Crippen LogP contribution in [0.2, 0.25) is 0 Å². The van der Waals surface area contributed by atoms with Gasteiger partial charge in [0.15, 0.2) is 0 Å². The molecule has 0 aliphatic carbocycles. The number of aryl methyl sites for hydroxylation is 1. The summed E-state index contributed by atoms with van der Waals surface area (Å²) in [6.45, 7) is 6.27. The molecule has 0 saturated carbocycles. The molecule has 0 aliphatic rings. The maximum atomic E-state index is 12.2. The highest BCUT2D eigenvalue weighted by Gasteiger charge is 2.09. The molecule has 1 amide bonds. The van der Waals surface area contributed by atoms with Crippen LogP contribution in [0, 0.1) is 5.92 Å². The molecular formula is C20H24N4O3S. The van der Waals surface area contributed by atoms with Crippen LogP contribution in [0.5, 0.6) is 5.75 Å². The SMILES string of the molecule is CCCc1nn2c(=O)cc(COc3ccc(NC(=O)CC(C)C)cc3)nc2s1. The minimum absolute atomic E-state index is 0.00588. The number of carbonyl (C=O) groups excluding carboxylic acids is 1. The van der Waals surface area contributed by atoms with Gasteiger partial charge >= 0.3 is 0 Å². The van der Waals surface area contributed by atoms with Gasteiger partial charge in [-0.1, -0.05) is 32.1 Å². The first-order chi connectivity index (χ1) is 13.4. The minimum atomic E-state index is -0.203. The number of amides is 1. The van der Waals surface area contributed by atoms with Crippen molar-refractivity contribution in [3.8, 4) is 5.75 Å². The van der Waals surface area contributed by atoms with Crippen molar-refractivity contribution in [1.82, 2.24) is 14.6 Å². The lowest BCUT2D eigenvalue weighted by atomic mass is 10.1. The van der Waals surface area contributed by atoms with E-state index in [0.29, 0.717) is 28.7 Å². The van der Waals surface area contributed by atoms with Gasteiger partial charge in [-0.05, 0) is 36.6 Å². The summed E-state index contributed by atoms with van der Waals surface area (Å²) < 4.78 is 7.08. The molecule has 7 nitrogen and oxygen atoms in total. The van der Waals surface area contributed by atoms with Gasteiger partial charge < -0.3 is 10.1 Å². The number of aromatic nitrogens is 3. The van der Waals surface area contributed by atoms with Crippen LogP contribution in [0.25, 0.3) is 4.96 Å². The Morgan fingerprint density at radius 2 is 2.04 bits per heavy atom. The largest absolute Gasteiger partial charge is 0.487 e. The number of carbonyl (C=O) groups is 1.